The number of aromatic nitrogens is 2. The molecule has 0 radical (unpaired) electrons. The molecule has 1 aromatic heterocycles. The molecule has 1 N–H and O–H groups in total. The Balaban J connectivity index is 1.11. The summed E-state index contributed by atoms with van der Waals surface area (Å²) in [6, 6.07) is 25.0. The Morgan fingerprint density at radius 2 is 1.76 bits per heavy atom. The van der Waals surface area contributed by atoms with Gasteiger partial charge in [-0.3, -0.25) is 10.1 Å². The van der Waals surface area contributed by atoms with Gasteiger partial charge in [0.15, 0.2) is 0 Å². The smallest absolute Gasteiger partial charge is 0.407 e. The second-order valence-corrected chi connectivity index (χ2v) is 11.0. The first-order valence-electron chi connectivity index (χ1n) is 14.5. The lowest BCUT2D eigenvalue weighted by molar-refractivity contribution is -0.384. The summed E-state index contributed by atoms with van der Waals surface area (Å²) in [4.78, 5) is 30.6. The van der Waals surface area contributed by atoms with Crippen molar-refractivity contribution in [1.29, 1.82) is 0 Å². The van der Waals surface area contributed by atoms with Crippen LogP contribution in [0.15, 0.2) is 97.3 Å². The minimum absolute atomic E-state index is 0.00531. The second-order valence-electron chi connectivity index (χ2n) is 11.0. The molecular formula is C33H37N5O4. The molecule has 1 unspecified atom stereocenters. The van der Waals surface area contributed by atoms with E-state index in [4.69, 9.17) is 0 Å². The van der Waals surface area contributed by atoms with Crippen molar-refractivity contribution in [2.45, 2.75) is 38.3 Å². The molecule has 0 bridgehead atoms. The van der Waals surface area contributed by atoms with Crippen LogP contribution >= 0.6 is 0 Å². The summed E-state index contributed by atoms with van der Waals surface area (Å²) in [6.07, 6.45) is 8.20. The summed E-state index contributed by atoms with van der Waals surface area (Å²) in [6.45, 7) is 4.45. The van der Waals surface area contributed by atoms with Crippen LogP contribution in [0.4, 0.5) is 10.5 Å². The number of hydrogen-bond acceptors (Lipinski definition) is 5. The zero-order valence-corrected chi connectivity index (χ0v) is 23.7. The van der Waals surface area contributed by atoms with E-state index >= 15 is 0 Å². The number of para-hydroxylation sites is 2. The number of nitro benzene ring substituents is 1. The van der Waals surface area contributed by atoms with E-state index in [9.17, 15) is 20.0 Å². The number of rotatable bonds is 12. The number of likely N-dealkylation sites (tertiary alicyclic amines) is 1. The Kier molecular flexibility index (Phi) is 9.61. The maximum atomic E-state index is 11.8. The SMILES string of the molecule is O=C(O)N(CC=CC1CCN(CCC(Cn2cnc3ccccc32)c2ccccc2)CC1)Cc1ccc([N+](=O)[O-])cc1. The summed E-state index contributed by atoms with van der Waals surface area (Å²) in [5, 5.41) is 20.5. The lowest BCUT2D eigenvalue weighted by atomic mass is 9.93. The summed E-state index contributed by atoms with van der Waals surface area (Å²) in [7, 11) is 0. The van der Waals surface area contributed by atoms with Gasteiger partial charge in [-0.15, -0.1) is 0 Å². The first-order chi connectivity index (χ1) is 20.5. The topological polar surface area (TPSA) is 105 Å². The van der Waals surface area contributed by atoms with E-state index < -0.39 is 11.0 Å². The molecule has 5 rings (SSSR count). The van der Waals surface area contributed by atoms with Crippen LogP contribution in [-0.4, -0.2) is 61.7 Å². The molecule has 42 heavy (non-hydrogen) atoms. The maximum Gasteiger partial charge on any atom is 0.407 e. The molecule has 0 aliphatic carbocycles. The van der Waals surface area contributed by atoms with E-state index in [-0.39, 0.29) is 18.8 Å². The van der Waals surface area contributed by atoms with Crippen LogP contribution in [0.1, 0.15) is 36.3 Å². The highest BCUT2D eigenvalue weighted by molar-refractivity contribution is 5.74. The van der Waals surface area contributed by atoms with Gasteiger partial charge >= 0.3 is 6.09 Å². The largest absolute Gasteiger partial charge is 0.465 e. The molecule has 1 atom stereocenters. The lowest BCUT2D eigenvalue weighted by Crippen LogP contribution is -2.35. The van der Waals surface area contributed by atoms with Gasteiger partial charge in [0.05, 0.1) is 22.3 Å². The lowest BCUT2D eigenvalue weighted by Gasteiger charge is -2.32. The molecule has 3 aromatic carbocycles. The standard InChI is InChI=1S/C33H37N5O4/c39-33(40)36(23-27-12-14-30(15-13-27)38(41)42)19-6-7-26-16-20-35(21-17-26)22-18-29(28-8-2-1-3-9-28)24-37-25-34-31-10-4-5-11-32(31)37/h1-15,25-26,29H,16-24H2,(H,39,40). The highest BCUT2D eigenvalue weighted by Gasteiger charge is 2.20. The number of allylic oxidation sites excluding steroid dienone is 1. The fourth-order valence-electron chi connectivity index (χ4n) is 5.72. The third-order valence-electron chi connectivity index (χ3n) is 8.17. The number of piperidine rings is 1. The fraction of sp³-hybridized carbons (Fsp3) is 0.333. The van der Waals surface area contributed by atoms with Gasteiger partial charge in [-0.25, -0.2) is 9.78 Å². The van der Waals surface area contributed by atoms with Crippen LogP contribution in [0.2, 0.25) is 0 Å². The van der Waals surface area contributed by atoms with Crippen LogP contribution in [-0.2, 0) is 13.1 Å². The third kappa shape index (κ3) is 7.61. The summed E-state index contributed by atoms with van der Waals surface area (Å²) in [5.41, 5.74) is 4.26. The number of fused-ring (bicyclic) bond motifs is 1. The molecule has 0 saturated carbocycles. The van der Waals surface area contributed by atoms with E-state index in [0.29, 0.717) is 11.8 Å². The third-order valence-corrected chi connectivity index (χ3v) is 8.17. The molecule has 1 fully saturated rings. The van der Waals surface area contributed by atoms with Gasteiger partial charge in [0.25, 0.3) is 5.69 Å². The molecule has 2 heterocycles. The van der Waals surface area contributed by atoms with Crippen molar-refractivity contribution in [3.05, 3.63) is 119 Å². The van der Waals surface area contributed by atoms with Gasteiger partial charge in [-0.1, -0.05) is 66.7 Å². The number of benzene rings is 3. The zero-order chi connectivity index (χ0) is 29.3. The quantitative estimate of drug-likeness (QED) is 0.118. The van der Waals surface area contributed by atoms with Crippen molar-refractivity contribution in [2.24, 2.45) is 5.92 Å². The van der Waals surface area contributed by atoms with Crippen LogP contribution < -0.4 is 0 Å². The van der Waals surface area contributed by atoms with Gasteiger partial charge in [-0.2, -0.15) is 0 Å². The number of nitrogens with zero attached hydrogens (tertiary/aromatic N) is 5. The van der Waals surface area contributed by atoms with E-state index in [0.717, 1.165) is 56.5 Å². The number of non-ortho nitro benzene ring substituents is 1. The van der Waals surface area contributed by atoms with Crippen LogP contribution in [0, 0.1) is 16.0 Å². The van der Waals surface area contributed by atoms with Crippen LogP contribution in [0.3, 0.4) is 0 Å². The molecule has 1 aliphatic rings. The summed E-state index contributed by atoms with van der Waals surface area (Å²) in [5.74, 6) is 0.817. The Hall–Kier alpha value is -4.50. The van der Waals surface area contributed by atoms with Crippen molar-refractivity contribution in [2.75, 3.05) is 26.2 Å². The van der Waals surface area contributed by atoms with Crippen molar-refractivity contribution in [1.82, 2.24) is 19.4 Å². The molecule has 1 amide bonds. The second kappa shape index (κ2) is 13.9. The normalized spacial score (nSPS) is 15.2. The highest BCUT2D eigenvalue weighted by atomic mass is 16.6. The molecule has 0 spiro atoms. The minimum Gasteiger partial charge on any atom is -0.465 e. The highest BCUT2D eigenvalue weighted by Crippen LogP contribution is 2.26. The summed E-state index contributed by atoms with van der Waals surface area (Å²) >= 11 is 0. The van der Waals surface area contributed by atoms with E-state index in [1.54, 1.807) is 12.1 Å². The Labute approximate surface area is 245 Å². The van der Waals surface area contributed by atoms with Crippen molar-refractivity contribution in [3.8, 4) is 0 Å². The van der Waals surface area contributed by atoms with Gasteiger partial charge in [0.2, 0.25) is 0 Å². The Morgan fingerprint density at radius 3 is 2.48 bits per heavy atom. The predicted octanol–water partition coefficient (Wildman–Crippen LogP) is 6.57. The van der Waals surface area contributed by atoms with Gasteiger partial charge < -0.3 is 19.5 Å². The average Bonchev–Trinajstić information content (AvgIpc) is 3.42. The molecule has 9 heteroatoms. The number of nitro groups is 1. The minimum atomic E-state index is -1.01. The van der Waals surface area contributed by atoms with Gasteiger partial charge in [0.1, 0.15) is 0 Å². The average molecular weight is 568 g/mol. The summed E-state index contributed by atoms with van der Waals surface area (Å²) < 4.78 is 2.27. The fourth-order valence-corrected chi connectivity index (χ4v) is 5.72. The molecule has 1 saturated heterocycles. The van der Waals surface area contributed by atoms with Crippen LogP contribution in [0.5, 0.6) is 0 Å². The maximum absolute atomic E-state index is 11.8. The number of hydrogen-bond donors (Lipinski definition) is 1. The van der Waals surface area contributed by atoms with Crippen molar-refractivity contribution >= 4 is 22.8 Å². The van der Waals surface area contributed by atoms with Crippen molar-refractivity contribution < 1.29 is 14.8 Å². The molecule has 1 aliphatic heterocycles. The predicted molar refractivity (Wildman–Crippen MR) is 163 cm³/mol. The van der Waals surface area contributed by atoms with E-state index in [2.05, 4.69) is 69.1 Å². The molecular weight excluding hydrogens is 530 g/mol. The number of carboxylic acid groups (broad SMARTS) is 1. The Bertz CT molecular complexity index is 1490. The monoisotopic (exact) mass is 567 g/mol. The van der Waals surface area contributed by atoms with Crippen LogP contribution in [0.25, 0.3) is 11.0 Å². The Morgan fingerprint density at radius 1 is 1.05 bits per heavy atom. The molecule has 218 valence electrons. The first-order valence-corrected chi connectivity index (χ1v) is 14.5. The first kappa shape index (κ1) is 29.0. The molecule has 9 nitrogen and oxygen atoms in total. The zero-order valence-electron chi connectivity index (χ0n) is 23.7. The van der Waals surface area contributed by atoms with Gasteiger partial charge in [0, 0.05) is 37.7 Å². The van der Waals surface area contributed by atoms with Crippen molar-refractivity contribution in [3.63, 3.8) is 0 Å². The van der Waals surface area contributed by atoms with E-state index in [1.165, 1.54) is 28.1 Å². The van der Waals surface area contributed by atoms with E-state index in [1.807, 2.05) is 18.5 Å². The molecule has 4 aromatic rings. The number of imidazole rings is 1. The van der Waals surface area contributed by atoms with Gasteiger partial charge in [-0.05, 0) is 68.1 Å². The number of amides is 1. The number of carbonyl (C=O) groups is 1.